The molecule has 0 aromatic rings. The maximum atomic E-state index is 10.8. The van der Waals surface area contributed by atoms with E-state index in [1.807, 2.05) is 0 Å². The summed E-state index contributed by atoms with van der Waals surface area (Å²) in [6, 6.07) is 0. The summed E-state index contributed by atoms with van der Waals surface area (Å²) in [4.78, 5) is 10.5. The number of rotatable bonds is 1. The molecule has 0 bridgehead atoms. The number of allylic oxidation sites excluding steroid dienone is 2. The second-order valence-electron chi connectivity index (χ2n) is 1.85. The van der Waals surface area contributed by atoms with Crippen molar-refractivity contribution in [1.29, 1.82) is 0 Å². The molecule has 0 spiro atoms. The molecule has 0 saturated heterocycles. The van der Waals surface area contributed by atoms with Crippen molar-refractivity contribution in [3.05, 3.63) is 33.7 Å². The predicted molar refractivity (Wildman–Crippen MR) is 41.0 cm³/mol. The Morgan fingerprint density at radius 2 is 2.27 bits per heavy atom. The molecule has 1 heterocycles. The van der Waals surface area contributed by atoms with E-state index >= 15 is 0 Å². The van der Waals surface area contributed by atoms with Gasteiger partial charge in [0, 0.05) is 11.5 Å². The van der Waals surface area contributed by atoms with Crippen LogP contribution >= 0.6 is 11.9 Å². The zero-order chi connectivity index (χ0) is 8.48. The molecule has 5 nitrogen and oxygen atoms in total. The van der Waals surface area contributed by atoms with Gasteiger partial charge in [-0.05, 0) is 6.08 Å². The predicted octanol–water partition coefficient (Wildman–Crippen LogP) is 0.344. The Morgan fingerprint density at radius 3 is 2.64 bits per heavy atom. The molecule has 0 aliphatic carbocycles. The number of carbonyl (C=O) groups excluding carboxylic acids is 1. The topological polar surface area (TPSA) is 89.2 Å². The first-order valence-corrected chi connectivity index (χ1v) is 3.54. The van der Waals surface area contributed by atoms with Gasteiger partial charge in [-0.3, -0.25) is 9.01 Å². The monoisotopic (exact) mass is 173 g/mol. The lowest BCUT2D eigenvalue weighted by molar-refractivity contribution is -0.629. The van der Waals surface area contributed by atoms with Crippen LogP contribution in [0.4, 0.5) is 0 Å². The van der Waals surface area contributed by atoms with E-state index in [0.29, 0.717) is 11.9 Å². The third-order valence-corrected chi connectivity index (χ3v) is 1.83. The van der Waals surface area contributed by atoms with Gasteiger partial charge in [0.1, 0.15) is 11.9 Å². The molecule has 0 aromatic heterocycles. The molecule has 1 amide bonds. The third-order valence-electron chi connectivity index (χ3n) is 1.08. The van der Waals surface area contributed by atoms with Gasteiger partial charge in [-0.2, -0.15) is 0 Å². The molecule has 1 aliphatic rings. The summed E-state index contributed by atoms with van der Waals surface area (Å²) in [5.41, 5.74) is 4.28. The molecule has 0 saturated carbocycles. The number of hydrogen-bond donors (Lipinski definition) is 1. The molecule has 2 N–H and O–H groups in total. The lowest BCUT2D eigenvalue weighted by Gasteiger charge is -2.43. The summed E-state index contributed by atoms with van der Waals surface area (Å²) < 4.78 is -2.04. The standard InChI is InChI=1S/C5H5N2O3S/c6-5(8)4-2-1-3-11-7(4,9)10/h1-3H,(H2,6,8)/q-1. The Hall–Kier alpha value is -0.820. The zero-order valence-electron chi connectivity index (χ0n) is 5.39. The van der Waals surface area contributed by atoms with E-state index in [2.05, 4.69) is 0 Å². The molecule has 0 fully saturated rings. The maximum Gasteiger partial charge on any atom is 0.304 e. The van der Waals surface area contributed by atoms with Gasteiger partial charge in [0.15, 0.2) is 0 Å². The smallest absolute Gasteiger partial charge is 0.304 e. The maximum absolute atomic E-state index is 10.8. The van der Waals surface area contributed by atoms with E-state index in [9.17, 15) is 15.2 Å². The first-order valence-electron chi connectivity index (χ1n) is 2.71. The number of amides is 1. The summed E-state index contributed by atoms with van der Waals surface area (Å²) in [6.45, 7) is 0. The summed E-state index contributed by atoms with van der Waals surface area (Å²) in [5.74, 6) is -0.980. The van der Waals surface area contributed by atoms with Gasteiger partial charge >= 0.3 is 5.91 Å². The molecule has 60 valence electrons. The van der Waals surface area contributed by atoms with E-state index in [-0.39, 0.29) is 0 Å². The Balaban J connectivity index is 2.97. The SMILES string of the molecule is NC(=O)C1=CC=CS[N+]1([O-])[O-]. The van der Waals surface area contributed by atoms with E-state index in [1.165, 1.54) is 11.5 Å². The lowest BCUT2D eigenvalue weighted by atomic mass is 10.4. The average molecular weight is 173 g/mol. The molecule has 1 rings (SSSR count). The number of nitrogens with two attached hydrogens (primary N) is 1. The fourth-order valence-electron chi connectivity index (χ4n) is 0.611. The Labute approximate surface area is 67.0 Å². The van der Waals surface area contributed by atoms with Gasteiger partial charge in [-0.15, -0.1) is 0 Å². The molecule has 11 heavy (non-hydrogen) atoms. The van der Waals surface area contributed by atoms with Gasteiger partial charge in [0.25, 0.3) is 0 Å². The highest BCUT2D eigenvalue weighted by molar-refractivity contribution is 7.97. The van der Waals surface area contributed by atoms with Gasteiger partial charge < -0.3 is 16.1 Å². The van der Waals surface area contributed by atoms with E-state index in [1.54, 1.807) is 0 Å². The van der Waals surface area contributed by atoms with Crippen molar-refractivity contribution in [3.8, 4) is 0 Å². The van der Waals surface area contributed by atoms with Crippen LogP contribution in [0.25, 0.3) is 0 Å². The van der Waals surface area contributed by atoms with Crippen LogP contribution in [-0.2, 0) is 4.79 Å². The number of nitrogens with zero attached hydrogens (tertiary/aromatic N) is 1. The first kappa shape index (κ1) is 8.28. The van der Waals surface area contributed by atoms with Crippen LogP contribution in [-0.4, -0.2) is 10.1 Å². The minimum atomic E-state index is -2.04. The number of quaternary nitrogens is 1. The van der Waals surface area contributed by atoms with Crippen molar-refractivity contribution >= 4 is 17.9 Å². The van der Waals surface area contributed by atoms with Crippen molar-refractivity contribution in [1.82, 2.24) is 0 Å². The van der Waals surface area contributed by atoms with Crippen LogP contribution < -0.4 is 5.73 Å². The molecule has 0 unspecified atom stereocenters. The van der Waals surface area contributed by atoms with Crippen molar-refractivity contribution < 1.29 is 9.01 Å². The molecule has 1 aliphatic heterocycles. The number of carbonyl (C=O) groups is 1. The fraction of sp³-hybridized carbons (Fsp3) is 0. The van der Waals surface area contributed by atoms with Crippen LogP contribution in [0.5, 0.6) is 0 Å². The molecule has 0 radical (unpaired) electrons. The van der Waals surface area contributed by atoms with E-state index in [0.717, 1.165) is 6.08 Å². The fourth-order valence-corrected chi connectivity index (χ4v) is 1.18. The number of primary amides is 1. The normalized spacial score (nSPS) is 21.1. The number of hydroxylamine groups is 2. The Morgan fingerprint density at radius 1 is 1.64 bits per heavy atom. The largest absolute Gasteiger partial charge is 0.613 e. The van der Waals surface area contributed by atoms with Gasteiger partial charge in [-0.25, -0.2) is 0 Å². The van der Waals surface area contributed by atoms with E-state index in [4.69, 9.17) is 5.73 Å². The molecule has 0 atom stereocenters. The third kappa shape index (κ3) is 1.60. The van der Waals surface area contributed by atoms with Gasteiger partial charge in [-0.1, -0.05) is 0 Å². The Bertz CT molecular complexity index is 246. The second-order valence-corrected chi connectivity index (χ2v) is 2.81. The zero-order valence-corrected chi connectivity index (χ0v) is 6.21. The highest BCUT2D eigenvalue weighted by Crippen LogP contribution is 2.30. The van der Waals surface area contributed by atoms with Crippen molar-refractivity contribution in [2.24, 2.45) is 5.73 Å². The van der Waals surface area contributed by atoms with Crippen LogP contribution in [0.2, 0.25) is 0 Å². The van der Waals surface area contributed by atoms with Crippen LogP contribution in [0, 0.1) is 10.4 Å². The van der Waals surface area contributed by atoms with Gasteiger partial charge in [0.2, 0.25) is 5.70 Å². The number of hydrogen-bond acceptors (Lipinski definition) is 4. The minimum absolute atomic E-state index is 0.434. The van der Waals surface area contributed by atoms with E-state index < -0.39 is 15.8 Å². The average Bonchev–Trinajstić information content (AvgIpc) is 1.85. The van der Waals surface area contributed by atoms with Crippen molar-refractivity contribution in [2.75, 3.05) is 0 Å². The van der Waals surface area contributed by atoms with Crippen molar-refractivity contribution in [2.45, 2.75) is 0 Å². The second kappa shape index (κ2) is 2.67. The summed E-state index contributed by atoms with van der Waals surface area (Å²) in [7, 11) is 0. The highest BCUT2D eigenvalue weighted by atomic mass is 32.2. The lowest BCUT2D eigenvalue weighted by Crippen LogP contribution is -2.34. The summed E-state index contributed by atoms with van der Waals surface area (Å²) in [5, 5.41) is 23.0. The Kier molecular flexibility index (Phi) is 2.01. The first-order chi connectivity index (χ1) is 5.04. The van der Waals surface area contributed by atoms with Crippen molar-refractivity contribution in [3.63, 3.8) is 0 Å². The quantitative estimate of drug-likeness (QED) is 0.352. The van der Waals surface area contributed by atoms with Gasteiger partial charge in [0.05, 0.1) is 0 Å². The molecular weight excluding hydrogens is 168 g/mol. The molecule has 0 aromatic carbocycles. The summed E-state index contributed by atoms with van der Waals surface area (Å²) >= 11 is 0.434. The van der Waals surface area contributed by atoms with Crippen LogP contribution in [0.15, 0.2) is 23.3 Å². The summed E-state index contributed by atoms with van der Waals surface area (Å²) in [6.07, 6.45) is 2.55. The molecule has 6 heteroatoms. The minimum Gasteiger partial charge on any atom is -0.613 e. The van der Waals surface area contributed by atoms with Crippen LogP contribution in [0.3, 0.4) is 0 Å². The highest BCUT2D eigenvalue weighted by Gasteiger charge is 2.21. The molecular formula is C5H5N2O3S-. The van der Waals surface area contributed by atoms with Crippen LogP contribution in [0.1, 0.15) is 0 Å².